The van der Waals surface area contributed by atoms with Crippen LogP contribution in [0.15, 0.2) is 42.5 Å². The third-order valence-electron chi connectivity index (χ3n) is 3.17. The van der Waals surface area contributed by atoms with Crippen LogP contribution in [0.4, 0.5) is 20.2 Å². The molecular weight excluding hydrogens is 258 g/mol. The summed E-state index contributed by atoms with van der Waals surface area (Å²) in [5.41, 5.74) is 1.58. The third-order valence-corrected chi connectivity index (χ3v) is 3.17. The highest BCUT2D eigenvalue weighted by molar-refractivity contribution is 5.63. The van der Waals surface area contributed by atoms with Crippen molar-refractivity contribution in [3.8, 4) is 0 Å². The van der Waals surface area contributed by atoms with Crippen LogP contribution in [0.3, 0.4) is 0 Å². The van der Waals surface area contributed by atoms with E-state index in [1.807, 2.05) is 13.0 Å². The van der Waals surface area contributed by atoms with Crippen LogP contribution in [-0.2, 0) is 6.54 Å². The molecule has 0 bridgehead atoms. The van der Waals surface area contributed by atoms with E-state index in [2.05, 4.69) is 5.32 Å². The quantitative estimate of drug-likeness (QED) is 0.892. The molecule has 0 heterocycles. The van der Waals surface area contributed by atoms with Crippen LogP contribution in [0, 0.1) is 11.6 Å². The van der Waals surface area contributed by atoms with E-state index in [1.165, 1.54) is 17.0 Å². The second-order valence-electron chi connectivity index (χ2n) is 4.58. The highest BCUT2D eigenvalue weighted by Gasteiger charge is 2.13. The van der Waals surface area contributed by atoms with E-state index >= 15 is 0 Å². The molecule has 0 radical (unpaired) electrons. The molecule has 2 aromatic carbocycles. The van der Waals surface area contributed by atoms with Crippen molar-refractivity contribution in [2.45, 2.75) is 13.5 Å². The second-order valence-corrected chi connectivity index (χ2v) is 4.58. The van der Waals surface area contributed by atoms with Gasteiger partial charge in [-0.15, -0.1) is 0 Å². The second kappa shape index (κ2) is 6.48. The average Bonchev–Trinajstić information content (AvgIpc) is 2.45. The third kappa shape index (κ3) is 3.14. The maximum Gasteiger partial charge on any atom is 0.147 e. The van der Waals surface area contributed by atoms with Crippen molar-refractivity contribution in [3.05, 3.63) is 59.7 Å². The van der Waals surface area contributed by atoms with Gasteiger partial charge >= 0.3 is 0 Å². The number of para-hydroxylation sites is 1. The number of nitrogens with one attached hydrogen (secondary N) is 1. The largest absolute Gasteiger partial charge is 0.340 e. The van der Waals surface area contributed by atoms with Gasteiger partial charge in [-0.05, 0) is 36.4 Å². The van der Waals surface area contributed by atoms with Crippen LogP contribution in [0.5, 0.6) is 0 Å². The number of rotatable bonds is 5. The number of benzene rings is 2. The fourth-order valence-electron chi connectivity index (χ4n) is 2.06. The Morgan fingerprint density at radius 3 is 2.35 bits per heavy atom. The van der Waals surface area contributed by atoms with Crippen LogP contribution in [0.2, 0.25) is 0 Å². The SMILES string of the molecule is CCNCc1ccc(N(C)c2ccccc2F)c(F)c1. The molecule has 0 amide bonds. The van der Waals surface area contributed by atoms with Gasteiger partial charge in [-0.2, -0.15) is 0 Å². The molecule has 0 atom stereocenters. The number of halogens is 2. The van der Waals surface area contributed by atoms with Gasteiger partial charge in [-0.1, -0.05) is 25.1 Å². The molecule has 0 aliphatic carbocycles. The highest BCUT2D eigenvalue weighted by Crippen LogP contribution is 2.28. The Morgan fingerprint density at radius 2 is 1.70 bits per heavy atom. The van der Waals surface area contributed by atoms with Crippen LogP contribution < -0.4 is 10.2 Å². The van der Waals surface area contributed by atoms with Gasteiger partial charge in [0.05, 0.1) is 11.4 Å². The molecule has 0 fully saturated rings. The van der Waals surface area contributed by atoms with Crippen molar-refractivity contribution >= 4 is 11.4 Å². The molecular formula is C16H18F2N2. The maximum absolute atomic E-state index is 14.2. The first-order valence-corrected chi connectivity index (χ1v) is 6.61. The van der Waals surface area contributed by atoms with Crippen molar-refractivity contribution in [1.29, 1.82) is 0 Å². The Bertz CT molecular complexity index is 584. The van der Waals surface area contributed by atoms with Crippen LogP contribution in [-0.4, -0.2) is 13.6 Å². The number of hydrogen-bond donors (Lipinski definition) is 1. The molecule has 0 saturated heterocycles. The minimum absolute atomic E-state index is 0.353. The van der Waals surface area contributed by atoms with Gasteiger partial charge in [-0.3, -0.25) is 0 Å². The van der Waals surface area contributed by atoms with Gasteiger partial charge in [0.1, 0.15) is 11.6 Å². The van der Waals surface area contributed by atoms with Crippen molar-refractivity contribution in [2.24, 2.45) is 0 Å². The van der Waals surface area contributed by atoms with E-state index < -0.39 is 0 Å². The number of anilines is 2. The Hall–Kier alpha value is -1.94. The summed E-state index contributed by atoms with van der Waals surface area (Å²) in [6, 6.07) is 11.3. The molecule has 2 aromatic rings. The fraction of sp³-hybridized carbons (Fsp3) is 0.250. The van der Waals surface area contributed by atoms with Gasteiger partial charge < -0.3 is 10.2 Å². The Kier molecular flexibility index (Phi) is 4.69. The molecule has 0 aromatic heterocycles. The molecule has 0 saturated carbocycles. The minimum Gasteiger partial charge on any atom is -0.340 e. The molecule has 1 N–H and O–H groups in total. The first-order chi connectivity index (χ1) is 9.63. The topological polar surface area (TPSA) is 15.3 Å². The van der Waals surface area contributed by atoms with Gasteiger partial charge in [0.25, 0.3) is 0 Å². The normalized spacial score (nSPS) is 10.6. The predicted octanol–water partition coefficient (Wildman–Crippen LogP) is 3.84. The van der Waals surface area contributed by atoms with Crippen LogP contribution in [0.1, 0.15) is 12.5 Å². The summed E-state index contributed by atoms with van der Waals surface area (Å²) in [7, 11) is 1.65. The van der Waals surface area contributed by atoms with E-state index in [4.69, 9.17) is 0 Å². The number of hydrogen-bond acceptors (Lipinski definition) is 2. The first kappa shape index (κ1) is 14.5. The summed E-state index contributed by atoms with van der Waals surface area (Å²) in [5, 5.41) is 3.14. The van der Waals surface area contributed by atoms with Gasteiger partial charge in [0.15, 0.2) is 0 Å². The van der Waals surface area contributed by atoms with E-state index in [1.54, 1.807) is 31.3 Å². The average molecular weight is 276 g/mol. The summed E-state index contributed by atoms with van der Waals surface area (Å²) in [6.07, 6.45) is 0. The first-order valence-electron chi connectivity index (χ1n) is 6.61. The van der Waals surface area contributed by atoms with E-state index in [0.29, 0.717) is 17.9 Å². The molecule has 0 aliphatic heterocycles. The van der Waals surface area contributed by atoms with Crippen LogP contribution >= 0.6 is 0 Å². The monoisotopic (exact) mass is 276 g/mol. The smallest absolute Gasteiger partial charge is 0.147 e. The molecule has 4 heteroatoms. The van der Waals surface area contributed by atoms with Gasteiger partial charge in [-0.25, -0.2) is 8.78 Å². The molecule has 106 valence electrons. The molecule has 2 rings (SSSR count). The summed E-state index contributed by atoms with van der Waals surface area (Å²) in [5.74, 6) is -0.725. The summed E-state index contributed by atoms with van der Waals surface area (Å²) >= 11 is 0. The fourth-order valence-corrected chi connectivity index (χ4v) is 2.06. The van der Waals surface area contributed by atoms with Gasteiger partial charge in [0.2, 0.25) is 0 Å². The predicted molar refractivity (Wildman–Crippen MR) is 78.2 cm³/mol. The summed E-state index contributed by atoms with van der Waals surface area (Å²) in [6.45, 7) is 3.45. The Morgan fingerprint density at radius 1 is 1.00 bits per heavy atom. The van der Waals surface area contributed by atoms with Crippen LogP contribution in [0.25, 0.3) is 0 Å². The Balaban J connectivity index is 2.27. The summed E-state index contributed by atoms with van der Waals surface area (Å²) in [4.78, 5) is 1.52. The lowest BCUT2D eigenvalue weighted by molar-refractivity contribution is 0.614. The zero-order valence-corrected chi connectivity index (χ0v) is 11.7. The lowest BCUT2D eigenvalue weighted by Gasteiger charge is -2.21. The molecule has 20 heavy (non-hydrogen) atoms. The van der Waals surface area contributed by atoms with E-state index in [-0.39, 0.29) is 11.6 Å². The highest BCUT2D eigenvalue weighted by atomic mass is 19.1. The van der Waals surface area contributed by atoms with Crippen molar-refractivity contribution in [1.82, 2.24) is 5.32 Å². The van der Waals surface area contributed by atoms with Crippen molar-refractivity contribution < 1.29 is 8.78 Å². The lowest BCUT2D eigenvalue weighted by atomic mass is 10.1. The Labute approximate surface area is 118 Å². The number of nitrogens with zero attached hydrogens (tertiary/aromatic N) is 1. The lowest BCUT2D eigenvalue weighted by Crippen LogP contribution is -2.15. The molecule has 0 spiro atoms. The minimum atomic E-state index is -0.369. The maximum atomic E-state index is 14.2. The zero-order valence-electron chi connectivity index (χ0n) is 11.7. The zero-order chi connectivity index (χ0) is 14.5. The standard InChI is InChI=1S/C16H18F2N2/c1-3-19-11-12-8-9-16(14(18)10-12)20(2)15-7-5-4-6-13(15)17/h4-10,19H,3,11H2,1-2H3. The molecule has 2 nitrogen and oxygen atoms in total. The van der Waals surface area contributed by atoms with Crippen molar-refractivity contribution in [2.75, 3.05) is 18.5 Å². The molecule has 0 unspecified atom stereocenters. The molecule has 0 aliphatic rings. The van der Waals surface area contributed by atoms with Gasteiger partial charge in [0, 0.05) is 13.6 Å². The summed E-state index contributed by atoms with van der Waals surface area (Å²) < 4.78 is 27.9. The van der Waals surface area contributed by atoms with E-state index in [9.17, 15) is 8.78 Å². The van der Waals surface area contributed by atoms with Crippen molar-refractivity contribution in [3.63, 3.8) is 0 Å². The van der Waals surface area contributed by atoms with E-state index in [0.717, 1.165) is 12.1 Å².